The molecule has 0 aliphatic carbocycles. The summed E-state index contributed by atoms with van der Waals surface area (Å²) < 4.78 is 22.8. The first kappa shape index (κ1) is 36.4. The van der Waals surface area contributed by atoms with Crippen molar-refractivity contribution in [2.75, 3.05) is 0 Å². The van der Waals surface area contributed by atoms with E-state index >= 15 is 0 Å². The Kier molecular flexibility index (Phi) is 53.3. The largest absolute Gasteiger partial charge is 0.481 e. The monoisotopic (exact) mass is 339 g/mol. The molecule has 130 valence electrons. The van der Waals surface area contributed by atoms with E-state index in [-0.39, 0.29) is 6.15 Å². The van der Waals surface area contributed by atoms with E-state index in [9.17, 15) is 0 Å². The van der Waals surface area contributed by atoms with Gasteiger partial charge in [-0.3, -0.25) is 28.3 Å². The number of hydrogen-bond acceptors (Lipinski definition) is 6. The molecule has 0 saturated heterocycles. The van der Waals surface area contributed by atoms with Gasteiger partial charge in [-0.2, -0.15) is 4.21 Å². The SMILES string of the molecule is CC(=O)O.CC(=O)O.CC(=O)O.CC(=O)O.N.O=S(O)O. The van der Waals surface area contributed by atoms with Crippen molar-refractivity contribution in [3.8, 4) is 0 Å². The molecule has 0 aliphatic heterocycles. The fourth-order valence-corrected chi connectivity index (χ4v) is 0. The van der Waals surface area contributed by atoms with Crippen LogP contribution in [0.5, 0.6) is 0 Å². The maximum atomic E-state index is 9.00. The number of hydrogen-bond donors (Lipinski definition) is 7. The first-order chi connectivity index (χ1) is 8.66. The highest BCUT2D eigenvalue weighted by Gasteiger charge is 1.66. The molecule has 21 heavy (non-hydrogen) atoms. The number of carboxylic acids is 4. The number of rotatable bonds is 0. The van der Waals surface area contributed by atoms with Gasteiger partial charge in [0.25, 0.3) is 35.2 Å². The second-order valence-electron chi connectivity index (χ2n) is 2.31. The van der Waals surface area contributed by atoms with Crippen molar-refractivity contribution in [2.45, 2.75) is 27.7 Å². The van der Waals surface area contributed by atoms with Gasteiger partial charge in [-0.15, -0.1) is 0 Å². The Balaban J connectivity index is -0.0000000331. The zero-order valence-electron chi connectivity index (χ0n) is 11.8. The smallest absolute Gasteiger partial charge is 0.300 e. The van der Waals surface area contributed by atoms with Crippen molar-refractivity contribution in [1.29, 1.82) is 0 Å². The van der Waals surface area contributed by atoms with E-state index in [1.807, 2.05) is 0 Å². The normalized spacial score (nSPS) is 6.43. The van der Waals surface area contributed by atoms with Crippen LogP contribution in [0, 0.1) is 0 Å². The predicted octanol–water partition coefficient (Wildman–Crippen LogP) is 0.207. The summed E-state index contributed by atoms with van der Waals surface area (Å²) in [4.78, 5) is 36.0. The summed E-state index contributed by atoms with van der Waals surface area (Å²) in [6.07, 6.45) is 0. The van der Waals surface area contributed by atoms with Gasteiger partial charge in [-0.1, -0.05) is 0 Å². The van der Waals surface area contributed by atoms with Crippen molar-refractivity contribution >= 4 is 35.2 Å². The van der Waals surface area contributed by atoms with Crippen LogP contribution < -0.4 is 6.15 Å². The molecule has 9 N–H and O–H groups in total. The topological polar surface area (TPSA) is 242 Å². The third-order valence-electron chi connectivity index (χ3n) is 0. The minimum Gasteiger partial charge on any atom is -0.481 e. The fourth-order valence-electron chi connectivity index (χ4n) is 0. The van der Waals surface area contributed by atoms with E-state index in [0.717, 1.165) is 27.7 Å². The summed E-state index contributed by atoms with van der Waals surface area (Å²) in [6.45, 7) is 4.33. The lowest BCUT2D eigenvalue weighted by atomic mass is 10.9. The van der Waals surface area contributed by atoms with Crippen molar-refractivity contribution in [1.82, 2.24) is 6.15 Å². The van der Waals surface area contributed by atoms with E-state index < -0.39 is 35.2 Å². The Morgan fingerprint density at radius 3 is 0.619 bits per heavy atom. The number of carboxylic acid groups (broad SMARTS) is 4. The third-order valence-corrected chi connectivity index (χ3v) is 0. The average molecular weight is 339 g/mol. The molecular formula is C8H21NO11S. The lowest BCUT2D eigenvalue weighted by molar-refractivity contribution is -0.135. The molecule has 0 aromatic rings. The Bertz CT molecular complexity index is 215. The summed E-state index contributed by atoms with van der Waals surface area (Å²) >= 11 is -2.61. The first-order valence-corrected chi connectivity index (χ1v) is 5.31. The molecule has 0 unspecified atom stereocenters. The average Bonchev–Trinajstić information content (AvgIpc) is 1.94. The van der Waals surface area contributed by atoms with Crippen LogP contribution in [0.25, 0.3) is 0 Å². The molecule has 0 bridgehead atoms. The van der Waals surface area contributed by atoms with Gasteiger partial charge >= 0.3 is 0 Å². The Morgan fingerprint density at radius 1 is 0.619 bits per heavy atom. The molecule has 0 aromatic carbocycles. The quantitative estimate of drug-likeness (QED) is 0.293. The zero-order chi connectivity index (χ0) is 17.9. The maximum absolute atomic E-state index is 9.00. The molecule has 12 nitrogen and oxygen atoms in total. The minimum atomic E-state index is -2.61. The maximum Gasteiger partial charge on any atom is 0.300 e. The molecule has 0 radical (unpaired) electrons. The highest BCUT2D eigenvalue weighted by Crippen LogP contribution is 1.44. The zero-order valence-corrected chi connectivity index (χ0v) is 12.7. The summed E-state index contributed by atoms with van der Waals surface area (Å²) in [5.41, 5.74) is 0. The van der Waals surface area contributed by atoms with Crippen LogP contribution in [0.1, 0.15) is 27.7 Å². The van der Waals surface area contributed by atoms with Gasteiger partial charge in [0.05, 0.1) is 0 Å². The molecule has 0 aliphatic rings. The molecular weight excluding hydrogens is 318 g/mol. The van der Waals surface area contributed by atoms with Crippen LogP contribution in [0.2, 0.25) is 0 Å². The molecule has 0 spiro atoms. The van der Waals surface area contributed by atoms with Crippen molar-refractivity contribution in [3.05, 3.63) is 0 Å². The van der Waals surface area contributed by atoms with Gasteiger partial charge < -0.3 is 26.6 Å². The summed E-state index contributed by atoms with van der Waals surface area (Å²) in [5, 5.41) is 29.7. The van der Waals surface area contributed by atoms with Gasteiger partial charge in [0.1, 0.15) is 0 Å². The second-order valence-corrected chi connectivity index (χ2v) is 2.77. The second kappa shape index (κ2) is 30.7. The van der Waals surface area contributed by atoms with Crippen molar-refractivity contribution < 1.29 is 52.9 Å². The van der Waals surface area contributed by atoms with Crippen LogP contribution in [0.4, 0.5) is 0 Å². The van der Waals surface area contributed by atoms with Crippen molar-refractivity contribution in [2.24, 2.45) is 0 Å². The van der Waals surface area contributed by atoms with E-state index in [0.29, 0.717) is 0 Å². The van der Waals surface area contributed by atoms with E-state index in [1.165, 1.54) is 0 Å². The van der Waals surface area contributed by atoms with Crippen molar-refractivity contribution in [3.63, 3.8) is 0 Å². The Morgan fingerprint density at radius 2 is 0.619 bits per heavy atom. The molecule has 0 fully saturated rings. The molecule has 0 heterocycles. The minimum absolute atomic E-state index is 0. The number of carbonyl (C=O) groups is 4. The van der Waals surface area contributed by atoms with Crippen LogP contribution in [0.15, 0.2) is 0 Å². The van der Waals surface area contributed by atoms with Gasteiger partial charge in [0.15, 0.2) is 0 Å². The number of aliphatic carboxylic acids is 4. The van der Waals surface area contributed by atoms with Crippen LogP contribution in [-0.4, -0.2) is 57.6 Å². The molecule has 0 saturated carbocycles. The molecule has 0 aromatic heterocycles. The molecule has 0 atom stereocenters. The lowest BCUT2D eigenvalue weighted by Crippen LogP contribution is -1.78. The van der Waals surface area contributed by atoms with E-state index in [4.69, 9.17) is 52.9 Å². The summed E-state index contributed by atoms with van der Waals surface area (Å²) in [5.74, 6) is -3.33. The fraction of sp³-hybridized carbons (Fsp3) is 0.500. The summed E-state index contributed by atoms with van der Waals surface area (Å²) in [7, 11) is 0. The molecule has 0 amide bonds. The van der Waals surface area contributed by atoms with Crippen LogP contribution in [-0.2, 0) is 30.5 Å². The Hall–Kier alpha value is -2.09. The summed E-state index contributed by atoms with van der Waals surface area (Å²) in [6, 6.07) is 0. The highest BCUT2D eigenvalue weighted by atomic mass is 32.2. The van der Waals surface area contributed by atoms with Crippen LogP contribution >= 0.6 is 0 Å². The lowest BCUT2D eigenvalue weighted by Gasteiger charge is -1.59. The standard InChI is InChI=1S/4C2H4O2.H3N.H2O3S/c4*1-2(3)4;;1-4(2)3/h4*1H3,(H,3,4);1H3;(H2,1,2,3). The predicted molar refractivity (Wildman–Crippen MR) is 71.7 cm³/mol. The van der Waals surface area contributed by atoms with Gasteiger partial charge in [-0.25, -0.2) is 0 Å². The van der Waals surface area contributed by atoms with Gasteiger partial charge in [0.2, 0.25) is 0 Å². The van der Waals surface area contributed by atoms with Gasteiger partial charge in [-0.05, 0) is 0 Å². The highest BCUT2D eigenvalue weighted by molar-refractivity contribution is 7.73. The third kappa shape index (κ3) is 1040. The van der Waals surface area contributed by atoms with Crippen LogP contribution in [0.3, 0.4) is 0 Å². The first-order valence-electron chi connectivity index (χ1n) is 4.24. The van der Waals surface area contributed by atoms with E-state index in [2.05, 4.69) is 0 Å². The van der Waals surface area contributed by atoms with Gasteiger partial charge in [0, 0.05) is 27.7 Å². The van der Waals surface area contributed by atoms with E-state index in [1.54, 1.807) is 0 Å². The molecule has 0 rings (SSSR count). The molecule has 13 heteroatoms. The Labute approximate surface area is 123 Å².